The van der Waals surface area contributed by atoms with Crippen LogP contribution in [-0.2, 0) is 18.9 Å². The lowest BCUT2D eigenvalue weighted by molar-refractivity contribution is -0.245. The van der Waals surface area contributed by atoms with Gasteiger partial charge >= 0.3 is 0 Å². The lowest BCUT2D eigenvalue weighted by atomic mass is 9.99. The van der Waals surface area contributed by atoms with E-state index in [0.29, 0.717) is 37.0 Å². The minimum atomic E-state index is -0.611. The molecular formula is C26H34O7. The molecule has 2 aliphatic rings. The molecule has 2 aliphatic heterocycles. The van der Waals surface area contributed by atoms with E-state index in [1.807, 2.05) is 25.1 Å². The minimum absolute atomic E-state index is 0.00956. The number of phenolic OH excluding ortho intramolecular Hbond substituents is 2. The summed E-state index contributed by atoms with van der Waals surface area (Å²) >= 11 is 0. The number of aromatic hydroxyl groups is 2. The molecule has 6 unspecified atom stereocenters. The summed E-state index contributed by atoms with van der Waals surface area (Å²) in [5.74, 6) is 0.320. The molecule has 33 heavy (non-hydrogen) atoms. The summed E-state index contributed by atoms with van der Waals surface area (Å²) in [5.41, 5.74) is 1.26. The lowest BCUT2D eigenvalue weighted by Gasteiger charge is -2.35. The summed E-state index contributed by atoms with van der Waals surface area (Å²) in [4.78, 5) is 0. The fourth-order valence-electron chi connectivity index (χ4n) is 4.53. The van der Waals surface area contributed by atoms with E-state index in [2.05, 4.69) is 0 Å². The smallest absolute Gasteiger partial charge is 0.187 e. The molecule has 4 rings (SSSR count). The Morgan fingerprint density at radius 3 is 2.21 bits per heavy atom. The molecule has 2 saturated heterocycles. The van der Waals surface area contributed by atoms with E-state index in [1.165, 1.54) is 0 Å². The van der Waals surface area contributed by atoms with E-state index in [9.17, 15) is 15.3 Å². The van der Waals surface area contributed by atoms with Gasteiger partial charge in [0, 0.05) is 11.1 Å². The highest BCUT2D eigenvalue weighted by Gasteiger charge is 2.31. The van der Waals surface area contributed by atoms with Crippen molar-refractivity contribution in [3.8, 4) is 11.5 Å². The molecule has 0 aromatic heterocycles. The van der Waals surface area contributed by atoms with Crippen LogP contribution < -0.4 is 0 Å². The standard InChI is InChI=1S/C26H34O7/c1-17-15-19(33-26(31-17)22-10-3-5-12-24(22)29)8-6-7-18(27)16-20-13-14-30-25(32-20)21-9-2-4-11-23(21)28/h2-5,9-12,17-20,25-29H,6-8,13-16H2,1H3. The Balaban J connectivity index is 1.22. The van der Waals surface area contributed by atoms with Crippen LogP contribution >= 0.6 is 0 Å². The molecule has 0 radical (unpaired) electrons. The van der Waals surface area contributed by atoms with Gasteiger partial charge in [-0.1, -0.05) is 36.4 Å². The van der Waals surface area contributed by atoms with E-state index >= 15 is 0 Å². The van der Waals surface area contributed by atoms with Crippen LogP contribution in [0.5, 0.6) is 11.5 Å². The third-order valence-corrected chi connectivity index (χ3v) is 6.27. The van der Waals surface area contributed by atoms with Gasteiger partial charge in [-0.2, -0.15) is 0 Å². The van der Waals surface area contributed by atoms with Crippen LogP contribution in [0.3, 0.4) is 0 Å². The van der Waals surface area contributed by atoms with Crippen molar-refractivity contribution in [1.82, 2.24) is 0 Å². The molecule has 0 amide bonds. The number of ether oxygens (including phenoxy) is 4. The molecule has 2 fully saturated rings. The fraction of sp³-hybridized carbons (Fsp3) is 0.538. The van der Waals surface area contributed by atoms with Crippen molar-refractivity contribution in [3.63, 3.8) is 0 Å². The largest absolute Gasteiger partial charge is 0.507 e. The van der Waals surface area contributed by atoms with Gasteiger partial charge in [0.1, 0.15) is 11.5 Å². The van der Waals surface area contributed by atoms with Crippen LogP contribution in [0.15, 0.2) is 48.5 Å². The lowest BCUT2D eigenvalue weighted by Crippen LogP contribution is -2.32. The van der Waals surface area contributed by atoms with Gasteiger partial charge in [0.05, 0.1) is 31.0 Å². The SMILES string of the molecule is CC1CC(CCCC(O)CC2CCOC(c3ccccc3O)O2)OC(c2ccccc2O)O1. The summed E-state index contributed by atoms with van der Waals surface area (Å²) in [7, 11) is 0. The fourth-order valence-corrected chi connectivity index (χ4v) is 4.53. The molecule has 2 aromatic rings. The molecule has 180 valence electrons. The van der Waals surface area contributed by atoms with Gasteiger partial charge in [-0.25, -0.2) is 0 Å². The number of benzene rings is 2. The van der Waals surface area contributed by atoms with Crippen molar-refractivity contribution < 1.29 is 34.3 Å². The topological polar surface area (TPSA) is 97.6 Å². The quantitative estimate of drug-likeness (QED) is 0.527. The van der Waals surface area contributed by atoms with Crippen molar-refractivity contribution >= 4 is 0 Å². The van der Waals surface area contributed by atoms with Crippen molar-refractivity contribution in [2.45, 2.75) is 82.4 Å². The van der Waals surface area contributed by atoms with Crippen LogP contribution in [0, 0.1) is 0 Å². The molecule has 0 saturated carbocycles. The monoisotopic (exact) mass is 458 g/mol. The zero-order chi connectivity index (χ0) is 23.2. The van der Waals surface area contributed by atoms with Gasteiger partial charge in [0.25, 0.3) is 0 Å². The zero-order valence-electron chi connectivity index (χ0n) is 19.0. The molecule has 0 spiro atoms. The maximum Gasteiger partial charge on any atom is 0.187 e. The zero-order valence-corrected chi connectivity index (χ0v) is 19.0. The molecular weight excluding hydrogens is 424 g/mol. The molecule has 7 nitrogen and oxygen atoms in total. The van der Waals surface area contributed by atoms with E-state index in [4.69, 9.17) is 18.9 Å². The van der Waals surface area contributed by atoms with Gasteiger partial charge in [-0.3, -0.25) is 0 Å². The normalized spacial score (nSPS) is 29.0. The van der Waals surface area contributed by atoms with Crippen molar-refractivity contribution in [3.05, 3.63) is 59.7 Å². The predicted molar refractivity (Wildman–Crippen MR) is 122 cm³/mol. The Morgan fingerprint density at radius 1 is 0.879 bits per heavy atom. The van der Waals surface area contributed by atoms with Crippen LogP contribution in [0.25, 0.3) is 0 Å². The Kier molecular flexibility index (Phi) is 8.22. The molecule has 2 heterocycles. The number of hydrogen-bond acceptors (Lipinski definition) is 7. The average Bonchev–Trinajstić information content (AvgIpc) is 2.79. The summed E-state index contributed by atoms with van der Waals surface area (Å²) in [6.07, 6.45) is 2.55. The highest BCUT2D eigenvalue weighted by Crippen LogP contribution is 2.36. The first-order chi connectivity index (χ1) is 16.0. The Bertz CT molecular complexity index is 888. The first kappa shape index (κ1) is 24.0. The third kappa shape index (κ3) is 6.46. The molecule has 0 aliphatic carbocycles. The summed E-state index contributed by atoms with van der Waals surface area (Å²) in [5, 5.41) is 30.8. The third-order valence-electron chi connectivity index (χ3n) is 6.27. The van der Waals surface area contributed by atoms with Crippen LogP contribution in [-0.4, -0.2) is 46.3 Å². The van der Waals surface area contributed by atoms with Gasteiger partial charge in [0.15, 0.2) is 12.6 Å². The molecule has 6 atom stereocenters. The number of rotatable bonds is 8. The Hall–Kier alpha value is -2.16. The number of hydrogen-bond donors (Lipinski definition) is 3. The number of aliphatic hydroxyl groups excluding tert-OH is 1. The molecule has 7 heteroatoms. The van der Waals surface area contributed by atoms with Gasteiger partial charge < -0.3 is 34.3 Å². The summed E-state index contributed by atoms with van der Waals surface area (Å²) in [6.45, 7) is 2.54. The second-order valence-corrected chi connectivity index (χ2v) is 8.96. The second-order valence-electron chi connectivity index (χ2n) is 8.96. The van der Waals surface area contributed by atoms with Crippen LogP contribution in [0.1, 0.15) is 69.2 Å². The minimum Gasteiger partial charge on any atom is -0.507 e. The second kappa shape index (κ2) is 11.3. The van der Waals surface area contributed by atoms with Crippen molar-refractivity contribution in [1.29, 1.82) is 0 Å². The molecule has 3 N–H and O–H groups in total. The Morgan fingerprint density at radius 2 is 1.52 bits per heavy atom. The van der Waals surface area contributed by atoms with Crippen molar-refractivity contribution in [2.75, 3.05) is 6.61 Å². The Labute approximate surface area is 194 Å². The van der Waals surface area contributed by atoms with Gasteiger partial charge in [0.2, 0.25) is 0 Å². The predicted octanol–water partition coefficient (Wildman–Crippen LogP) is 4.72. The van der Waals surface area contributed by atoms with E-state index in [-0.39, 0.29) is 29.8 Å². The maximum absolute atomic E-state index is 10.6. The number of phenols is 2. The molecule has 2 aromatic carbocycles. The van der Waals surface area contributed by atoms with Crippen molar-refractivity contribution in [2.24, 2.45) is 0 Å². The summed E-state index contributed by atoms with van der Waals surface area (Å²) < 4.78 is 23.7. The van der Waals surface area contributed by atoms with Crippen LogP contribution in [0.4, 0.5) is 0 Å². The number of aliphatic hydroxyl groups is 1. The van der Waals surface area contributed by atoms with Gasteiger partial charge in [-0.15, -0.1) is 0 Å². The van der Waals surface area contributed by atoms with E-state index in [0.717, 1.165) is 19.3 Å². The summed E-state index contributed by atoms with van der Waals surface area (Å²) in [6, 6.07) is 14.1. The highest BCUT2D eigenvalue weighted by atomic mass is 16.7. The van der Waals surface area contributed by atoms with Crippen LogP contribution in [0.2, 0.25) is 0 Å². The first-order valence-electron chi connectivity index (χ1n) is 11.8. The highest BCUT2D eigenvalue weighted by molar-refractivity contribution is 5.33. The van der Waals surface area contributed by atoms with Gasteiger partial charge in [-0.05, 0) is 57.6 Å². The first-order valence-corrected chi connectivity index (χ1v) is 11.8. The maximum atomic E-state index is 10.6. The number of para-hydroxylation sites is 2. The molecule has 0 bridgehead atoms. The van der Waals surface area contributed by atoms with E-state index in [1.54, 1.807) is 30.3 Å². The van der Waals surface area contributed by atoms with E-state index < -0.39 is 18.7 Å². The average molecular weight is 459 g/mol.